The molecule has 0 saturated carbocycles. The van der Waals surface area contributed by atoms with Crippen LogP contribution in [-0.2, 0) is 9.84 Å². The van der Waals surface area contributed by atoms with Crippen molar-refractivity contribution >= 4 is 9.84 Å². The number of hydrogen-bond donors (Lipinski definition) is 1. The quantitative estimate of drug-likeness (QED) is 0.840. The topological polar surface area (TPSA) is 64.6 Å². The van der Waals surface area contributed by atoms with E-state index in [2.05, 4.69) is 5.32 Å². The summed E-state index contributed by atoms with van der Waals surface area (Å²) in [7, 11) is -3.04. The highest BCUT2D eigenvalue weighted by molar-refractivity contribution is 7.91. The van der Waals surface area contributed by atoms with Gasteiger partial charge in [0.05, 0.1) is 11.5 Å². The normalized spacial score (nSPS) is 27.2. The first-order valence-electron chi connectivity index (χ1n) is 6.22. The van der Waals surface area contributed by atoms with Crippen LogP contribution in [0.25, 0.3) is 0 Å². The Morgan fingerprint density at radius 3 is 2.74 bits per heavy atom. The fraction of sp³-hybridized carbons (Fsp3) is 0.538. The number of fused-ring (bicyclic) bond motifs is 1. The highest BCUT2D eigenvalue weighted by atomic mass is 32.2. The number of hydrogen-bond acceptors (Lipinski definition) is 5. The van der Waals surface area contributed by atoms with Crippen molar-refractivity contribution in [2.45, 2.75) is 25.4 Å². The lowest BCUT2D eigenvalue weighted by Gasteiger charge is -2.37. The van der Waals surface area contributed by atoms with E-state index in [-0.39, 0.29) is 24.3 Å². The molecule has 2 aliphatic heterocycles. The SMILES string of the molecule is CC1(C)CS(=O)(=O)CC(c2ccc3c(c2)OCO3)N1. The van der Waals surface area contributed by atoms with Crippen LogP contribution in [0, 0.1) is 0 Å². The molecule has 0 spiro atoms. The molecular formula is C13H17NO4S. The van der Waals surface area contributed by atoms with Gasteiger partial charge in [0.1, 0.15) is 0 Å². The number of nitrogens with one attached hydrogen (secondary N) is 1. The fourth-order valence-corrected chi connectivity index (χ4v) is 4.81. The van der Waals surface area contributed by atoms with E-state index in [1.807, 2.05) is 32.0 Å². The van der Waals surface area contributed by atoms with E-state index in [1.54, 1.807) is 0 Å². The molecule has 2 heterocycles. The lowest BCUT2D eigenvalue weighted by molar-refractivity contribution is 0.174. The average Bonchev–Trinajstić information content (AvgIpc) is 2.71. The maximum Gasteiger partial charge on any atom is 0.231 e. The molecule has 0 aromatic heterocycles. The van der Waals surface area contributed by atoms with Crippen molar-refractivity contribution in [1.82, 2.24) is 5.32 Å². The highest BCUT2D eigenvalue weighted by Gasteiger charge is 2.37. The van der Waals surface area contributed by atoms with Gasteiger partial charge in [-0.1, -0.05) is 6.07 Å². The summed E-state index contributed by atoms with van der Waals surface area (Å²) in [5, 5.41) is 3.38. The molecule has 1 unspecified atom stereocenters. The van der Waals surface area contributed by atoms with Gasteiger partial charge in [-0.3, -0.25) is 0 Å². The fourth-order valence-electron chi connectivity index (χ4n) is 2.73. The summed E-state index contributed by atoms with van der Waals surface area (Å²) in [5.74, 6) is 1.68. The Balaban J connectivity index is 1.93. The van der Waals surface area contributed by atoms with Gasteiger partial charge in [0.2, 0.25) is 6.79 Å². The molecule has 3 rings (SSSR count). The maximum absolute atomic E-state index is 12.0. The van der Waals surface area contributed by atoms with Gasteiger partial charge >= 0.3 is 0 Å². The number of ether oxygens (including phenoxy) is 2. The van der Waals surface area contributed by atoms with Gasteiger partial charge in [-0.2, -0.15) is 0 Å². The predicted octanol–water partition coefficient (Wildman–Crippen LogP) is 1.25. The van der Waals surface area contributed by atoms with Gasteiger partial charge in [-0.25, -0.2) is 8.42 Å². The van der Waals surface area contributed by atoms with E-state index < -0.39 is 15.4 Å². The van der Waals surface area contributed by atoms with Crippen LogP contribution < -0.4 is 14.8 Å². The van der Waals surface area contributed by atoms with Crippen LogP contribution >= 0.6 is 0 Å². The zero-order valence-electron chi connectivity index (χ0n) is 11.0. The van der Waals surface area contributed by atoms with Crippen LogP contribution in [0.5, 0.6) is 11.5 Å². The van der Waals surface area contributed by atoms with Crippen molar-refractivity contribution in [3.8, 4) is 11.5 Å². The van der Waals surface area contributed by atoms with Crippen LogP contribution in [0.3, 0.4) is 0 Å². The minimum atomic E-state index is -3.04. The first-order chi connectivity index (χ1) is 8.85. The summed E-state index contributed by atoms with van der Waals surface area (Å²) in [6.07, 6.45) is 0. The Bertz CT molecular complexity index is 609. The molecule has 0 aliphatic carbocycles. The smallest absolute Gasteiger partial charge is 0.231 e. The average molecular weight is 283 g/mol. The number of benzene rings is 1. The van der Waals surface area contributed by atoms with Crippen molar-refractivity contribution in [2.75, 3.05) is 18.3 Å². The number of sulfone groups is 1. The molecule has 0 bridgehead atoms. The molecule has 1 aromatic carbocycles. The molecule has 0 radical (unpaired) electrons. The highest BCUT2D eigenvalue weighted by Crippen LogP contribution is 2.35. The van der Waals surface area contributed by atoms with Gasteiger partial charge in [0.15, 0.2) is 21.3 Å². The van der Waals surface area contributed by atoms with E-state index >= 15 is 0 Å². The largest absolute Gasteiger partial charge is 0.454 e. The third kappa shape index (κ3) is 2.55. The minimum absolute atomic E-state index is 0.121. The van der Waals surface area contributed by atoms with Crippen molar-refractivity contribution < 1.29 is 17.9 Å². The van der Waals surface area contributed by atoms with Crippen LogP contribution in [-0.4, -0.2) is 32.3 Å². The third-order valence-corrected chi connectivity index (χ3v) is 5.37. The summed E-state index contributed by atoms with van der Waals surface area (Å²) in [5.41, 5.74) is 0.499. The molecule has 1 aromatic rings. The Hall–Kier alpha value is -1.27. The first-order valence-corrected chi connectivity index (χ1v) is 8.04. The molecule has 104 valence electrons. The van der Waals surface area contributed by atoms with E-state index in [0.29, 0.717) is 11.5 Å². The molecule has 2 aliphatic rings. The predicted molar refractivity (Wildman–Crippen MR) is 71.2 cm³/mol. The van der Waals surface area contributed by atoms with Crippen LogP contribution in [0.1, 0.15) is 25.5 Å². The second-order valence-corrected chi connectivity index (χ2v) is 7.86. The summed E-state index contributed by atoms with van der Waals surface area (Å²) in [4.78, 5) is 0. The Labute approximate surface area is 112 Å². The lowest BCUT2D eigenvalue weighted by atomic mass is 10.0. The van der Waals surface area contributed by atoms with Gasteiger partial charge in [-0.15, -0.1) is 0 Å². The first kappa shape index (κ1) is 12.7. The monoisotopic (exact) mass is 283 g/mol. The van der Waals surface area contributed by atoms with Crippen LogP contribution in [0.15, 0.2) is 18.2 Å². The lowest BCUT2D eigenvalue weighted by Crippen LogP contribution is -2.54. The van der Waals surface area contributed by atoms with Crippen molar-refractivity contribution in [3.05, 3.63) is 23.8 Å². The molecule has 0 amide bonds. The summed E-state index contributed by atoms with van der Waals surface area (Å²) >= 11 is 0. The molecule has 1 saturated heterocycles. The van der Waals surface area contributed by atoms with E-state index in [9.17, 15) is 8.42 Å². The minimum Gasteiger partial charge on any atom is -0.454 e. The zero-order chi connectivity index (χ0) is 13.7. The van der Waals surface area contributed by atoms with Crippen molar-refractivity contribution in [1.29, 1.82) is 0 Å². The van der Waals surface area contributed by atoms with E-state index in [4.69, 9.17) is 9.47 Å². The second kappa shape index (κ2) is 4.11. The van der Waals surface area contributed by atoms with Gasteiger partial charge < -0.3 is 14.8 Å². The maximum atomic E-state index is 12.0. The van der Waals surface area contributed by atoms with Crippen LogP contribution in [0.4, 0.5) is 0 Å². The van der Waals surface area contributed by atoms with E-state index in [0.717, 1.165) is 5.56 Å². The summed E-state index contributed by atoms with van der Waals surface area (Å²) in [6.45, 7) is 4.04. The summed E-state index contributed by atoms with van der Waals surface area (Å²) in [6, 6.07) is 5.37. The molecule has 6 heteroatoms. The van der Waals surface area contributed by atoms with Gasteiger partial charge in [0, 0.05) is 11.6 Å². The summed E-state index contributed by atoms with van der Waals surface area (Å²) < 4.78 is 34.6. The van der Waals surface area contributed by atoms with Crippen LogP contribution in [0.2, 0.25) is 0 Å². The van der Waals surface area contributed by atoms with Gasteiger partial charge in [0.25, 0.3) is 0 Å². The Morgan fingerprint density at radius 2 is 2.00 bits per heavy atom. The standard InChI is InChI=1S/C13H17NO4S/c1-13(2)7-19(15,16)6-10(14-13)9-3-4-11-12(5-9)18-8-17-11/h3-5,10,14H,6-8H2,1-2H3. The Morgan fingerprint density at radius 1 is 1.26 bits per heavy atom. The third-order valence-electron chi connectivity index (χ3n) is 3.37. The molecule has 1 atom stereocenters. The second-order valence-electron chi connectivity index (χ2n) is 5.75. The molecule has 1 N–H and O–H groups in total. The molecule has 1 fully saturated rings. The van der Waals surface area contributed by atoms with Crippen molar-refractivity contribution in [2.24, 2.45) is 0 Å². The van der Waals surface area contributed by atoms with Crippen molar-refractivity contribution in [3.63, 3.8) is 0 Å². The number of rotatable bonds is 1. The zero-order valence-corrected chi connectivity index (χ0v) is 11.8. The van der Waals surface area contributed by atoms with Gasteiger partial charge in [-0.05, 0) is 31.5 Å². The molecule has 19 heavy (non-hydrogen) atoms. The molecule has 5 nitrogen and oxygen atoms in total. The Kier molecular flexibility index (Phi) is 2.76. The van der Waals surface area contributed by atoms with E-state index in [1.165, 1.54) is 0 Å². The molecular weight excluding hydrogens is 266 g/mol.